The standard InChI is InChI=1S/C10H23NO2/c1-4-7-11(8-5-2)13-10-6-9-12-3/h4-10H2,1-3H3. The molecule has 0 saturated heterocycles. The number of nitrogens with zero attached hydrogens (tertiary/aromatic N) is 1. The van der Waals surface area contributed by atoms with Crippen molar-refractivity contribution < 1.29 is 9.57 Å². The number of ether oxygens (including phenoxy) is 1. The average Bonchev–Trinajstić information content (AvgIpc) is 2.13. The van der Waals surface area contributed by atoms with Crippen LogP contribution in [-0.2, 0) is 9.57 Å². The predicted molar refractivity (Wildman–Crippen MR) is 54.6 cm³/mol. The second kappa shape index (κ2) is 9.96. The summed E-state index contributed by atoms with van der Waals surface area (Å²) >= 11 is 0. The van der Waals surface area contributed by atoms with E-state index in [1.807, 2.05) is 0 Å². The van der Waals surface area contributed by atoms with Crippen molar-refractivity contribution in [2.45, 2.75) is 33.1 Å². The Bertz CT molecular complexity index is 92.9. The van der Waals surface area contributed by atoms with E-state index < -0.39 is 0 Å². The molecule has 3 nitrogen and oxygen atoms in total. The molecule has 0 aromatic rings. The normalized spacial score (nSPS) is 11.1. The van der Waals surface area contributed by atoms with Gasteiger partial charge in [0.2, 0.25) is 0 Å². The van der Waals surface area contributed by atoms with Crippen LogP contribution < -0.4 is 0 Å². The van der Waals surface area contributed by atoms with E-state index in [-0.39, 0.29) is 0 Å². The van der Waals surface area contributed by atoms with Gasteiger partial charge in [-0.3, -0.25) is 4.84 Å². The van der Waals surface area contributed by atoms with Gasteiger partial charge in [-0.2, -0.15) is 5.06 Å². The molecule has 0 aliphatic heterocycles. The van der Waals surface area contributed by atoms with Gasteiger partial charge in [-0.25, -0.2) is 0 Å². The fourth-order valence-electron chi connectivity index (χ4n) is 1.14. The predicted octanol–water partition coefficient (Wildman–Crippen LogP) is 2.08. The average molecular weight is 189 g/mol. The van der Waals surface area contributed by atoms with Crippen LogP contribution in [0.2, 0.25) is 0 Å². The first-order valence-electron chi connectivity index (χ1n) is 5.21. The maximum absolute atomic E-state index is 5.58. The summed E-state index contributed by atoms with van der Waals surface area (Å²) in [4.78, 5) is 5.58. The van der Waals surface area contributed by atoms with Crippen LogP contribution >= 0.6 is 0 Å². The summed E-state index contributed by atoms with van der Waals surface area (Å²) in [5, 5.41) is 2.05. The highest BCUT2D eigenvalue weighted by Gasteiger charge is 2.01. The van der Waals surface area contributed by atoms with Gasteiger partial charge in [0, 0.05) is 26.8 Å². The number of rotatable bonds is 9. The third-order valence-corrected chi connectivity index (χ3v) is 1.71. The molecule has 0 aromatic heterocycles. The van der Waals surface area contributed by atoms with Gasteiger partial charge >= 0.3 is 0 Å². The van der Waals surface area contributed by atoms with Gasteiger partial charge in [0.25, 0.3) is 0 Å². The van der Waals surface area contributed by atoms with E-state index in [0.29, 0.717) is 0 Å². The minimum absolute atomic E-state index is 0.772. The zero-order chi connectivity index (χ0) is 9.94. The Morgan fingerprint density at radius 1 is 1.00 bits per heavy atom. The Balaban J connectivity index is 3.33. The lowest BCUT2D eigenvalue weighted by molar-refractivity contribution is -0.161. The molecule has 0 radical (unpaired) electrons. The van der Waals surface area contributed by atoms with E-state index >= 15 is 0 Å². The van der Waals surface area contributed by atoms with Gasteiger partial charge in [0.15, 0.2) is 0 Å². The van der Waals surface area contributed by atoms with E-state index in [1.165, 1.54) is 0 Å². The maximum Gasteiger partial charge on any atom is 0.0707 e. The van der Waals surface area contributed by atoms with Crippen LogP contribution in [0.4, 0.5) is 0 Å². The van der Waals surface area contributed by atoms with Crippen LogP contribution in [0.3, 0.4) is 0 Å². The quantitative estimate of drug-likeness (QED) is 0.409. The smallest absolute Gasteiger partial charge is 0.0707 e. The Hall–Kier alpha value is -0.120. The molecule has 3 heteroatoms. The first kappa shape index (κ1) is 12.9. The minimum atomic E-state index is 0.772. The first-order valence-corrected chi connectivity index (χ1v) is 5.21. The van der Waals surface area contributed by atoms with Crippen molar-refractivity contribution in [1.29, 1.82) is 0 Å². The van der Waals surface area contributed by atoms with Crippen molar-refractivity contribution in [2.24, 2.45) is 0 Å². The van der Waals surface area contributed by atoms with Crippen LogP contribution in [-0.4, -0.2) is 38.5 Å². The maximum atomic E-state index is 5.58. The second-order valence-corrected chi connectivity index (χ2v) is 3.11. The molecule has 0 aliphatic carbocycles. The molecule has 0 aromatic carbocycles. The molecule has 0 heterocycles. The van der Waals surface area contributed by atoms with Crippen molar-refractivity contribution in [3.8, 4) is 0 Å². The van der Waals surface area contributed by atoms with Crippen LogP contribution in [0.25, 0.3) is 0 Å². The van der Waals surface area contributed by atoms with E-state index in [2.05, 4.69) is 18.9 Å². The van der Waals surface area contributed by atoms with E-state index in [1.54, 1.807) is 7.11 Å². The monoisotopic (exact) mass is 189 g/mol. The summed E-state index contributed by atoms with van der Waals surface area (Å²) in [6.07, 6.45) is 3.26. The number of hydrogen-bond donors (Lipinski definition) is 0. The van der Waals surface area contributed by atoms with Crippen molar-refractivity contribution >= 4 is 0 Å². The lowest BCUT2D eigenvalue weighted by atomic mass is 10.4. The summed E-state index contributed by atoms with van der Waals surface area (Å²) in [7, 11) is 1.72. The molecule has 0 fully saturated rings. The fourth-order valence-corrected chi connectivity index (χ4v) is 1.14. The van der Waals surface area contributed by atoms with Crippen molar-refractivity contribution in [3.63, 3.8) is 0 Å². The highest BCUT2D eigenvalue weighted by Crippen LogP contribution is 1.96. The molecule has 0 bridgehead atoms. The Labute approximate surface area is 82.0 Å². The SMILES string of the molecule is CCCN(CCC)OCCCOC. The molecule has 0 unspecified atom stereocenters. The first-order chi connectivity index (χ1) is 6.35. The summed E-state index contributed by atoms with van der Waals surface area (Å²) < 4.78 is 4.95. The summed E-state index contributed by atoms with van der Waals surface area (Å²) in [5.41, 5.74) is 0. The zero-order valence-electron chi connectivity index (χ0n) is 9.21. The summed E-state index contributed by atoms with van der Waals surface area (Å²) in [6, 6.07) is 0. The molecule has 0 saturated carbocycles. The molecule has 0 amide bonds. The van der Waals surface area contributed by atoms with Gasteiger partial charge in [-0.1, -0.05) is 13.8 Å². The molecule has 0 rings (SSSR count). The van der Waals surface area contributed by atoms with Gasteiger partial charge in [-0.15, -0.1) is 0 Å². The Morgan fingerprint density at radius 2 is 1.62 bits per heavy atom. The van der Waals surface area contributed by atoms with E-state index in [9.17, 15) is 0 Å². The largest absolute Gasteiger partial charge is 0.385 e. The third-order valence-electron chi connectivity index (χ3n) is 1.71. The molecule has 0 atom stereocenters. The van der Waals surface area contributed by atoms with Crippen LogP contribution in [0.1, 0.15) is 33.1 Å². The van der Waals surface area contributed by atoms with E-state index in [0.717, 1.165) is 45.6 Å². The van der Waals surface area contributed by atoms with Gasteiger partial charge in [0.1, 0.15) is 0 Å². The van der Waals surface area contributed by atoms with Gasteiger partial charge in [-0.05, 0) is 19.3 Å². The lowest BCUT2D eigenvalue weighted by Gasteiger charge is -2.20. The number of hydroxylamine groups is 2. The minimum Gasteiger partial charge on any atom is -0.385 e. The lowest BCUT2D eigenvalue weighted by Crippen LogP contribution is -2.26. The molecule has 13 heavy (non-hydrogen) atoms. The third kappa shape index (κ3) is 8.22. The molecule has 0 N–H and O–H groups in total. The van der Waals surface area contributed by atoms with Gasteiger partial charge < -0.3 is 4.74 Å². The van der Waals surface area contributed by atoms with Crippen molar-refractivity contribution in [1.82, 2.24) is 5.06 Å². The number of methoxy groups -OCH3 is 1. The molecular formula is C10H23NO2. The fraction of sp³-hybridized carbons (Fsp3) is 1.00. The second-order valence-electron chi connectivity index (χ2n) is 3.11. The molecule has 80 valence electrons. The zero-order valence-corrected chi connectivity index (χ0v) is 9.21. The highest BCUT2D eigenvalue weighted by molar-refractivity contribution is 4.43. The van der Waals surface area contributed by atoms with Crippen LogP contribution in [0.15, 0.2) is 0 Å². The molecular weight excluding hydrogens is 166 g/mol. The van der Waals surface area contributed by atoms with Crippen molar-refractivity contribution in [2.75, 3.05) is 33.4 Å². The van der Waals surface area contributed by atoms with E-state index in [4.69, 9.17) is 9.57 Å². The van der Waals surface area contributed by atoms with Crippen molar-refractivity contribution in [3.05, 3.63) is 0 Å². The summed E-state index contributed by atoms with van der Waals surface area (Å²) in [5.74, 6) is 0. The topological polar surface area (TPSA) is 21.7 Å². The highest BCUT2D eigenvalue weighted by atomic mass is 16.7. The van der Waals surface area contributed by atoms with Crippen LogP contribution in [0.5, 0.6) is 0 Å². The Morgan fingerprint density at radius 3 is 2.08 bits per heavy atom. The Kier molecular flexibility index (Phi) is 9.87. The van der Waals surface area contributed by atoms with Gasteiger partial charge in [0.05, 0.1) is 6.61 Å². The molecule has 0 spiro atoms. The summed E-state index contributed by atoms with van der Waals surface area (Å²) in [6.45, 7) is 7.95. The molecule has 0 aliphatic rings. The number of hydrogen-bond acceptors (Lipinski definition) is 3. The van der Waals surface area contributed by atoms with Crippen LogP contribution in [0, 0.1) is 0 Å².